The molecule has 0 aromatic heterocycles. The third-order valence-electron chi connectivity index (χ3n) is 6.48. The van der Waals surface area contributed by atoms with Gasteiger partial charge in [0.1, 0.15) is 5.76 Å². The van der Waals surface area contributed by atoms with Gasteiger partial charge in [-0.3, -0.25) is 19.7 Å². The molecule has 0 unspecified atom stereocenters. The third kappa shape index (κ3) is 5.31. The van der Waals surface area contributed by atoms with Gasteiger partial charge in [0.25, 0.3) is 17.4 Å². The van der Waals surface area contributed by atoms with E-state index >= 15 is 0 Å². The van der Waals surface area contributed by atoms with Crippen molar-refractivity contribution in [1.29, 1.82) is 0 Å². The van der Waals surface area contributed by atoms with Gasteiger partial charge in [0.2, 0.25) is 10.0 Å². The Balaban J connectivity index is 1.74. The van der Waals surface area contributed by atoms with E-state index in [0.29, 0.717) is 25.3 Å². The number of amides is 1. The predicted octanol–water partition coefficient (Wildman–Crippen LogP) is 1.60. The first-order valence-electron chi connectivity index (χ1n) is 11.9. The van der Waals surface area contributed by atoms with Crippen LogP contribution in [0.3, 0.4) is 0 Å². The van der Waals surface area contributed by atoms with Gasteiger partial charge in [-0.2, -0.15) is 4.31 Å². The van der Waals surface area contributed by atoms with Crippen LogP contribution in [-0.4, -0.2) is 97.7 Å². The Morgan fingerprint density at radius 2 is 1.68 bits per heavy atom. The van der Waals surface area contributed by atoms with Gasteiger partial charge in [0.05, 0.1) is 34.6 Å². The van der Waals surface area contributed by atoms with E-state index in [0.717, 1.165) is 0 Å². The highest BCUT2D eigenvalue weighted by atomic mass is 32.2. The van der Waals surface area contributed by atoms with Crippen LogP contribution in [0.2, 0.25) is 0 Å². The molecule has 2 fully saturated rings. The number of likely N-dealkylation sites (N-methyl/N-ethyl adjacent to an activating group) is 1. The SMILES string of the molecule is CN(C)CCN1C(=O)C(=O)/C(=C(/O)c2ccc(S(=O)(=O)N3CCOCC3)cc2)[C@@H]1c1ccc([N+](=O)[O-])cc1. The number of ketones is 1. The molecule has 1 atom stereocenters. The second-order valence-corrected chi connectivity index (χ2v) is 11.1. The lowest BCUT2D eigenvalue weighted by molar-refractivity contribution is -0.384. The molecule has 2 saturated heterocycles. The summed E-state index contributed by atoms with van der Waals surface area (Å²) in [5.41, 5.74) is 0.243. The molecule has 0 aliphatic carbocycles. The number of carbonyl (C=O) groups excluding carboxylic acids is 2. The van der Waals surface area contributed by atoms with Gasteiger partial charge in [-0.25, -0.2) is 8.42 Å². The average molecular weight is 545 g/mol. The van der Waals surface area contributed by atoms with E-state index in [-0.39, 0.29) is 41.4 Å². The minimum absolute atomic E-state index is 0.0225. The zero-order valence-corrected chi connectivity index (χ0v) is 21.8. The number of benzene rings is 2. The highest BCUT2D eigenvalue weighted by Gasteiger charge is 2.46. The quantitative estimate of drug-likeness (QED) is 0.172. The van der Waals surface area contributed by atoms with E-state index in [1.807, 2.05) is 19.0 Å². The van der Waals surface area contributed by atoms with Crippen LogP contribution in [0.1, 0.15) is 17.2 Å². The van der Waals surface area contributed by atoms with Gasteiger partial charge in [0, 0.05) is 43.9 Å². The zero-order valence-electron chi connectivity index (χ0n) is 20.9. The van der Waals surface area contributed by atoms with Crippen molar-refractivity contribution in [3.63, 3.8) is 0 Å². The molecule has 12 nitrogen and oxygen atoms in total. The molecular formula is C25H28N4O8S. The largest absolute Gasteiger partial charge is 0.507 e. The van der Waals surface area contributed by atoms with Gasteiger partial charge < -0.3 is 19.6 Å². The van der Waals surface area contributed by atoms with Crippen LogP contribution in [0, 0.1) is 10.1 Å². The number of ether oxygens (including phenoxy) is 1. The number of hydrogen-bond acceptors (Lipinski definition) is 9. The summed E-state index contributed by atoms with van der Waals surface area (Å²) in [6.07, 6.45) is 0. The number of nitro benzene ring substituents is 1. The molecule has 1 N–H and O–H groups in total. The smallest absolute Gasteiger partial charge is 0.295 e. The van der Waals surface area contributed by atoms with Crippen LogP contribution in [0.25, 0.3) is 5.76 Å². The van der Waals surface area contributed by atoms with Gasteiger partial charge in [-0.05, 0) is 56.1 Å². The summed E-state index contributed by atoms with van der Waals surface area (Å²) in [6.45, 7) is 1.67. The lowest BCUT2D eigenvalue weighted by atomic mass is 9.95. The minimum Gasteiger partial charge on any atom is -0.507 e. The maximum absolute atomic E-state index is 13.1. The van der Waals surface area contributed by atoms with Crippen molar-refractivity contribution < 1.29 is 32.8 Å². The molecule has 2 aliphatic heterocycles. The standard InChI is InChI=1S/C25H28N4O8S/c1-26(2)11-12-28-22(17-3-7-19(8-4-17)29(33)34)21(24(31)25(28)32)23(30)18-5-9-20(10-6-18)38(35,36)27-13-15-37-16-14-27/h3-10,22,30H,11-16H2,1-2H3/b23-21+/t22-/m0/s1. The van der Waals surface area contributed by atoms with Crippen LogP contribution in [0.15, 0.2) is 59.0 Å². The highest BCUT2D eigenvalue weighted by Crippen LogP contribution is 2.39. The van der Waals surface area contributed by atoms with Crippen molar-refractivity contribution in [1.82, 2.24) is 14.1 Å². The lowest BCUT2D eigenvalue weighted by Gasteiger charge is -2.26. The fourth-order valence-corrected chi connectivity index (χ4v) is 5.83. The number of aliphatic hydroxyl groups excluding tert-OH is 1. The number of aliphatic hydroxyl groups is 1. The Bertz CT molecular complexity index is 1370. The maximum atomic E-state index is 13.1. The van der Waals surface area contributed by atoms with Crippen LogP contribution in [0.4, 0.5) is 5.69 Å². The number of sulfonamides is 1. The lowest BCUT2D eigenvalue weighted by Crippen LogP contribution is -2.40. The molecule has 1 amide bonds. The highest BCUT2D eigenvalue weighted by molar-refractivity contribution is 7.89. The molecule has 4 rings (SSSR count). The summed E-state index contributed by atoms with van der Waals surface area (Å²) < 4.78 is 32.4. The summed E-state index contributed by atoms with van der Waals surface area (Å²) in [7, 11) is -0.147. The molecule has 202 valence electrons. The van der Waals surface area contributed by atoms with Gasteiger partial charge >= 0.3 is 0 Å². The van der Waals surface area contributed by atoms with E-state index in [1.54, 1.807) is 0 Å². The number of nitro groups is 1. The first-order valence-corrected chi connectivity index (χ1v) is 13.3. The van der Waals surface area contributed by atoms with Crippen molar-refractivity contribution in [3.8, 4) is 0 Å². The Morgan fingerprint density at radius 3 is 2.24 bits per heavy atom. The van der Waals surface area contributed by atoms with Gasteiger partial charge in [-0.1, -0.05) is 0 Å². The number of non-ortho nitro benzene ring substituents is 1. The molecule has 38 heavy (non-hydrogen) atoms. The van der Waals surface area contributed by atoms with E-state index in [1.165, 1.54) is 57.7 Å². The van der Waals surface area contributed by atoms with Crippen LogP contribution in [-0.2, 0) is 24.3 Å². The molecule has 2 heterocycles. The van der Waals surface area contributed by atoms with Crippen LogP contribution >= 0.6 is 0 Å². The second-order valence-electron chi connectivity index (χ2n) is 9.19. The summed E-state index contributed by atoms with van der Waals surface area (Å²) in [5, 5.41) is 22.3. The molecule has 0 saturated carbocycles. The zero-order chi connectivity index (χ0) is 27.6. The first-order chi connectivity index (χ1) is 18.0. The monoisotopic (exact) mass is 544 g/mol. The normalized spacial score (nSPS) is 20.3. The van der Waals surface area contributed by atoms with E-state index in [4.69, 9.17) is 4.74 Å². The number of nitrogens with zero attached hydrogens (tertiary/aromatic N) is 4. The number of hydrogen-bond donors (Lipinski definition) is 1. The third-order valence-corrected chi connectivity index (χ3v) is 8.40. The maximum Gasteiger partial charge on any atom is 0.295 e. The molecular weight excluding hydrogens is 516 g/mol. The summed E-state index contributed by atoms with van der Waals surface area (Å²) in [6, 6.07) is 9.88. The first kappa shape index (κ1) is 27.4. The summed E-state index contributed by atoms with van der Waals surface area (Å²) >= 11 is 0. The topological polar surface area (TPSA) is 151 Å². The molecule has 2 aliphatic rings. The molecule has 0 radical (unpaired) electrons. The number of carbonyl (C=O) groups is 2. The van der Waals surface area contributed by atoms with E-state index in [9.17, 15) is 33.2 Å². The second kappa shape index (κ2) is 11.0. The van der Waals surface area contributed by atoms with Crippen molar-refractivity contribution >= 4 is 33.2 Å². The minimum atomic E-state index is -3.77. The number of likely N-dealkylation sites (tertiary alicyclic amines) is 1. The van der Waals surface area contributed by atoms with Crippen molar-refractivity contribution in [2.24, 2.45) is 0 Å². The molecule has 0 bridgehead atoms. The number of morpholine rings is 1. The number of rotatable bonds is 8. The number of Topliss-reactive ketones (excluding diaryl/α,β-unsaturated/α-hetero) is 1. The van der Waals surface area contributed by atoms with Crippen molar-refractivity contribution in [2.75, 3.05) is 53.5 Å². The van der Waals surface area contributed by atoms with Crippen molar-refractivity contribution in [3.05, 3.63) is 75.3 Å². The fraction of sp³-hybridized carbons (Fsp3) is 0.360. The van der Waals surface area contributed by atoms with Gasteiger partial charge in [0.15, 0.2) is 0 Å². The van der Waals surface area contributed by atoms with Gasteiger partial charge in [-0.15, -0.1) is 0 Å². The molecule has 13 heteroatoms. The summed E-state index contributed by atoms with van der Waals surface area (Å²) in [4.78, 5) is 39.9. The van der Waals surface area contributed by atoms with Crippen molar-refractivity contribution in [2.45, 2.75) is 10.9 Å². The molecule has 2 aromatic carbocycles. The fourth-order valence-electron chi connectivity index (χ4n) is 4.42. The van der Waals surface area contributed by atoms with E-state index < -0.39 is 38.4 Å². The Kier molecular flexibility index (Phi) is 7.92. The molecule has 2 aromatic rings. The summed E-state index contributed by atoms with van der Waals surface area (Å²) in [5.74, 6) is -2.16. The molecule has 0 spiro atoms. The predicted molar refractivity (Wildman–Crippen MR) is 137 cm³/mol. The Morgan fingerprint density at radius 1 is 1.08 bits per heavy atom. The van der Waals surface area contributed by atoms with Crippen LogP contribution in [0.5, 0.6) is 0 Å². The average Bonchev–Trinajstić information content (AvgIpc) is 3.17. The Hall–Kier alpha value is -3.65. The Labute approximate surface area is 219 Å². The van der Waals surface area contributed by atoms with E-state index in [2.05, 4.69) is 0 Å². The van der Waals surface area contributed by atoms with Crippen LogP contribution < -0.4 is 0 Å².